The van der Waals surface area contributed by atoms with Gasteiger partial charge < -0.3 is 20.7 Å². The van der Waals surface area contributed by atoms with Crippen LogP contribution in [0.1, 0.15) is 23.1 Å². The minimum atomic E-state index is -0.948. The zero-order valence-electron chi connectivity index (χ0n) is 9.39. The molecule has 1 fully saturated rings. The summed E-state index contributed by atoms with van der Waals surface area (Å²) in [6.45, 7) is -0.254. The Morgan fingerprint density at radius 1 is 1.67 bits per heavy atom. The van der Waals surface area contributed by atoms with Gasteiger partial charge in [-0.05, 0) is 0 Å². The summed E-state index contributed by atoms with van der Waals surface area (Å²) < 4.78 is 6.36. The molecule has 18 heavy (non-hydrogen) atoms. The normalized spacial score (nSPS) is 27.3. The Morgan fingerprint density at radius 2 is 2.39 bits per heavy atom. The number of primary amides is 1. The highest BCUT2D eigenvalue weighted by molar-refractivity contribution is 5.90. The average Bonchev–Trinajstić information content (AvgIpc) is 2.70. The van der Waals surface area contributed by atoms with Gasteiger partial charge in [0.15, 0.2) is 11.9 Å². The van der Waals surface area contributed by atoms with Crippen LogP contribution in [0.5, 0.6) is 0 Å². The topological polar surface area (TPSA) is 128 Å². The van der Waals surface area contributed by atoms with Crippen molar-refractivity contribution in [3.63, 3.8) is 0 Å². The average molecular weight is 255 g/mol. The highest BCUT2D eigenvalue weighted by atomic mass is 16.5. The third-order valence-electron chi connectivity index (χ3n) is 2.74. The summed E-state index contributed by atoms with van der Waals surface area (Å²) in [5.41, 5.74) is 3.87. The van der Waals surface area contributed by atoms with Crippen molar-refractivity contribution >= 4 is 5.91 Å². The van der Waals surface area contributed by atoms with Crippen molar-refractivity contribution < 1.29 is 19.7 Å². The fourth-order valence-electron chi connectivity index (χ4n) is 1.89. The highest BCUT2D eigenvalue weighted by Crippen LogP contribution is 2.27. The fraction of sp³-hybridized carbons (Fsp3) is 0.500. The van der Waals surface area contributed by atoms with E-state index in [1.807, 2.05) is 0 Å². The van der Waals surface area contributed by atoms with Crippen LogP contribution in [0.25, 0.3) is 0 Å². The van der Waals surface area contributed by atoms with E-state index in [9.17, 15) is 14.7 Å². The molecule has 0 aromatic carbocycles. The van der Waals surface area contributed by atoms with E-state index in [1.54, 1.807) is 0 Å². The molecule has 0 spiro atoms. The molecule has 0 bridgehead atoms. The number of amides is 1. The summed E-state index contributed by atoms with van der Waals surface area (Å²) in [7, 11) is 0. The minimum Gasteiger partial charge on any atom is -0.394 e. The number of hydrogen-bond acceptors (Lipinski definition) is 6. The molecular weight excluding hydrogens is 242 g/mol. The molecule has 2 heterocycles. The van der Waals surface area contributed by atoms with E-state index in [4.69, 9.17) is 15.6 Å². The van der Waals surface area contributed by atoms with Crippen LogP contribution in [-0.4, -0.2) is 44.5 Å². The quantitative estimate of drug-likeness (QED) is 0.572. The predicted octanol–water partition coefficient (Wildman–Crippen LogP) is -2.02. The first kappa shape index (κ1) is 12.7. The van der Waals surface area contributed by atoms with Gasteiger partial charge in [-0.25, -0.2) is 4.98 Å². The number of rotatable bonds is 3. The first-order chi connectivity index (χ1) is 8.54. The van der Waals surface area contributed by atoms with E-state index in [-0.39, 0.29) is 13.0 Å². The van der Waals surface area contributed by atoms with Gasteiger partial charge in [0, 0.05) is 18.8 Å². The van der Waals surface area contributed by atoms with Crippen molar-refractivity contribution in [2.24, 2.45) is 5.73 Å². The van der Waals surface area contributed by atoms with Gasteiger partial charge in [-0.15, -0.1) is 0 Å². The molecule has 1 aliphatic rings. The Kier molecular flexibility index (Phi) is 3.41. The van der Waals surface area contributed by atoms with E-state index in [1.165, 1.54) is 12.4 Å². The monoisotopic (exact) mass is 255 g/mol. The number of hydrogen-bond donors (Lipinski definition) is 3. The Balaban J connectivity index is 2.38. The number of aliphatic hydroxyl groups excluding tert-OH is 2. The maximum absolute atomic E-state index is 11.9. The molecular formula is C10H13N3O5. The molecule has 0 radical (unpaired) electrons. The SMILES string of the molecule is NC(=O)c1nccn([C@@H]2O[C@H](CO)C[C@H]2O)c1=O. The van der Waals surface area contributed by atoms with Gasteiger partial charge in [-0.2, -0.15) is 0 Å². The number of carbonyl (C=O) groups is 1. The predicted molar refractivity (Wildman–Crippen MR) is 58.6 cm³/mol. The Bertz CT molecular complexity index is 514. The molecule has 4 N–H and O–H groups in total. The van der Waals surface area contributed by atoms with Crippen molar-refractivity contribution in [1.82, 2.24) is 9.55 Å². The molecule has 8 heteroatoms. The molecule has 8 nitrogen and oxygen atoms in total. The van der Waals surface area contributed by atoms with E-state index in [2.05, 4.69) is 4.98 Å². The standard InChI is InChI=1S/C10H13N3O5/c11-8(16)7-9(17)13(2-1-12-7)10-6(15)3-5(4-14)18-10/h1-2,5-6,10,14-15H,3-4H2,(H2,11,16)/t5-,6+,10+/m0/s1. The first-order valence-electron chi connectivity index (χ1n) is 5.36. The lowest BCUT2D eigenvalue weighted by atomic mass is 10.2. The van der Waals surface area contributed by atoms with Crippen molar-refractivity contribution in [3.8, 4) is 0 Å². The second-order valence-electron chi connectivity index (χ2n) is 3.99. The van der Waals surface area contributed by atoms with Crippen LogP contribution in [0.4, 0.5) is 0 Å². The van der Waals surface area contributed by atoms with Crippen molar-refractivity contribution in [1.29, 1.82) is 0 Å². The third kappa shape index (κ3) is 2.13. The summed E-state index contributed by atoms with van der Waals surface area (Å²) in [4.78, 5) is 26.5. The van der Waals surface area contributed by atoms with Crippen LogP contribution in [-0.2, 0) is 4.74 Å². The number of carbonyl (C=O) groups excluding carboxylic acids is 1. The van der Waals surface area contributed by atoms with Gasteiger partial charge in [0.1, 0.15) is 6.10 Å². The molecule has 1 amide bonds. The maximum atomic E-state index is 11.9. The van der Waals surface area contributed by atoms with E-state index in [0.29, 0.717) is 0 Å². The van der Waals surface area contributed by atoms with Crippen LogP contribution >= 0.6 is 0 Å². The van der Waals surface area contributed by atoms with Gasteiger partial charge in [0.2, 0.25) is 0 Å². The Labute approximate surface area is 102 Å². The first-order valence-corrected chi connectivity index (χ1v) is 5.36. The third-order valence-corrected chi connectivity index (χ3v) is 2.74. The number of nitrogens with zero attached hydrogens (tertiary/aromatic N) is 2. The molecule has 98 valence electrons. The summed E-state index contributed by atoms with van der Waals surface area (Å²) in [5, 5.41) is 18.7. The molecule has 1 aromatic heterocycles. The molecule has 1 saturated heterocycles. The smallest absolute Gasteiger partial charge is 0.284 e. The van der Waals surface area contributed by atoms with Crippen molar-refractivity contribution in [2.75, 3.05) is 6.61 Å². The molecule has 0 saturated carbocycles. The lowest BCUT2D eigenvalue weighted by Gasteiger charge is -2.17. The van der Waals surface area contributed by atoms with Crippen molar-refractivity contribution in [3.05, 3.63) is 28.4 Å². The number of aliphatic hydroxyl groups is 2. The molecule has 2 rings (SSSR count). The van der Waals surface area contributed by atoms with E-state index < -0.39 is 35.6 Å². The Morgan fingerprint density at radius 3 is 2.94 bits per heavy atom. The molecule has 3 atom stereocenters. The minimum absolute atomic E-state index is 0.210. The van der Waals surface area contributed by atoms with Crippen LogP contribution in [0.2, 0.25) is 0 Å². The maximum Gasteiger partial charge on any atom is 0.284 e. The van der Waals surface area contributed by atoms with E-state index >= 15 is 0 Å². The summed E-state index contributed by atoms with van der Waals surface area (Å²) >= 11 is 0. The number of nitrogens with two attached hydrogens (primary N) is 1. The van der Waals surface area contributed by atoms with E-state index in [0.717, 1.165) is 4.57 Å². The van der Waals surface area contributed by atoms with Crippen LogP contribution in [0, 0.1) is 0 Å². The number of aromatic nitrogens is 2. The zero-order valence-corrected chi connectivity index (χ0v) is 9.39. The molecule has 1 aromatic rings. The largest absolute Gasteiger partial charge is 0.394 e. The van der Waals surface area contributed by atoms with Gasteiger partial charge >= 0.3 is 0 Å². The van der Waals surface area contributed by atoms with Crippen molar-refractivity contribution in [2.45, 2.75) is 24.9 Å². The van der Waals surface area contributed by atoms with Gasteiger partial charge in [-0.3, -0.25) is 14.2 Å². The van der Waals surface area contributed by atoms with Gasteiger partial charge in [0.05, 0.1) is 12.7 Å². The van der Waals surface area contributed by atoms with Gasteiger partial charge in [0.25, 0.3) is 11.5 Å². The summed E-state index contributed by atoms with van der Waals surface area (Å²) in [5.74, 6) is -0.944. The zero-order chi connectivity index (χ0) is 13.3. The fourth-order valence-corrected chi connectivity index (χ4v) is 1.89. The van der Waals surface area contributed by atoms with Gasteiger partial charge in [-0.1, -0.05) is 0 Å². The van der Waals surface area contributed by atoms with Crippen LogP contribution in [0.15, 0.2) is 17.2 Å². The van der Waals surface area contributed by atoms with Crippen LogP contribution < -0.4 is 11.3 Å². The Hall–Kier alpha value is -1.77. The molecule has 0 aliphatic carbocycles. The summed E-state index contributed by atoms with van der Waals surface area (Å²) in [6.07, 6.45) is 0.300. The lowest BCUT2D eigenvalue weighted by molar-refractivity contribution is -0.0525. The second-order valence-corrected chi connectivity index (χ2v) is 3.99. The second kappa shape index (κ2) is 4.84. The van der Waals surface area contributed by atoms with Crippen LogP contribution in [0.3, 0.4) is 0 Å². The number of ether oxygens (including phenoxy) is 1. The molecule has 0 unspecified atom stereocenters. The highest BCUT2D eigenvalue weighted by Gasteiger charge is 2.35. The summed E-state index contributed by atoms with van der Waals surface area (Å²) in [6, 6.07) is 0. The molecule has 1 aliphatic heterocycles. The lowest BCUT2D eigenvalue weighted by Crippen LogP contribution is -2.35.